The van der Waals surface area contributed by atoms with Crippen LogP contribution in [0.2, 0.25) is 0 Å². The zero-order valence-electron chi connectivity index (χ0n) is 19.7. The minimum absolute atomic E-state index is 0.00551. The van der Waals surface area contributed by atoms with Gasteiger partial charge < -0.3 is 19.4 Å². The molecular weight excluding hydrogens is 466 g/mol. The van der Waals surface area contributed by atoms with E-state index in [1.54, 1.807) is 4.57 Å². The number of fused-ring (bicyclic) bond motifs is 2. The molecule has 2 aromatic carbocycles. The number of hydrogen-bond donors (Lipinski definition) is 1. The third-order valence-corrected chi connectivity index (χ3v) is 5.98. The highest BCUT2D eigenvalue weighted by molar-refractivity contribution is 6.04. The molecule has 1 aliphatic rings. The molecule has 0 aliphatic carbocycles. The van der Waals surface area contributed by atoms with Crippen LogP contribution in [0.3, 0.4) is 0 Å². The molecule has 0 radical (unpaired) electrons. The number of aryl methyl sites for hydroxylation is 1. The standard InChI is InChI=1S/C25H23N5O6/c1-3-28-13-26-23-22(28)24(33)30(25(34)29(23)11-16-7-5-4-6-8-16)12-21(32)27-18-10-20-19(35-14-36-20)9-17(18)15(2)31/h4-10,13H,3,11-12,14H2,1-2H3,(H,27,32). The van der Waals surface area contributed by atoms with Gasteiger partial charge in [-0.15, -0.1) is 0 Å². The Morgan fingerprint density at radius 2 is 1.78 bits per heavy atom. The molecule has 2 aromatic heterocycles. The SMILES string of the molecule is CCn1cnc2c1c(=O)n(CC(=O)Nc1cc3c(cc1C(C)=O)OCO3)c(=O)n2Cc1ccccc1. The summed E-state index contributed by atoms with van der Waals surface area (Å²) in [6.45, 7) is 3.30. The van der Waals surface area contributed by atoms with Gasteiger partial charge in [0.15, 0.2) is 28.4 Å². The van der Waals surface area contributed by atoms with Crippen molar-refractivity contribution in [3.63, 3.8) is 0 Å². The molecule has 36 heavy (non-hydrogen) atoms. The van der Waals surface area contributed by atoms with E-state index in [2.05, 4.69) is 10.3 Å². The third kappa shape index (κ3) is 4.04. The molecule has 0 saturated carbocycles. The van der Waals surface area contributed by atoms with Crippen LogP contribution >= 0.6 is 0 Å². The van der Waals surface area contributed by atoms with Gasteiger partial charge >= 0.3 is 5.69 Å². The average molecular weight is 489 g/mol. The second-order valence-electron chi connectivity index (χ2n) is 8.30. The van der Waals surface area contributed by atoms with Crippen molar-refractivity contribution in [3.05, 3.63) is 80.8 Å². The number of imidazole rings is 1. The predicted octanol–water partition coefficient (Wildman–Crippen LogP) is 2.00. The zero-order chi connectivity index (χ0) is 25.4. The molecule has 0 bridgehead atoms. The van der Waals surface area contributed by atoms with Crippen molar-refractivity contribution in [2.75, 3.05) is 12.1 Å². The summed E-state index contributed by atoms with van der Waals surface area (Å²) in [6, 6.07) is 12.3. The Morgan fingerprint density at radius 1 is 1.06 bits per heavy atom. The molecule has 11 heteroatoms. The lowest BCUT2D eigenvalue weighted by atomic mass is 10.1. The molecule has 3 heterocycles. The van der Waals surface area contributed by atoms with E-state index < -0.39 is 23.7 Å². The number of anilines is 1. The van der Waals surface area contributed by atoms with E-state index in [9.17, 15) is 19.2 Å². The topological polar surface area (TPSA) is 126 Å². The fourth-order valence-electron chi connectivity index (χ4n) is 4.20. The summed E-state index contributed by atoms with van der Waals surface area (Å²) in [6.07, 6.45) is 1.50. The Morgan fingerprint density at radius 3 is 2.47 bits per heavy atom. The minimum Gasteiger partial charge on any atom is -0.454 e. The first-order valence-electron chi connectivity index (χ1n) is 11.3. The third-order valence-electron chi connectivity index (χ3n) is 5.98. The van der Waals surface area contributed by atoms with E-state index >= 15 is 0 Å². The maximum absolute atomic E-state index is 13.4. The number of carbonyl (C=O) groups excluding carboxylic acids is 2. The summed E-state index contributed by atoms with van der Waals surface area (Å²) in [5, 5.41) is 2.64. The largest absolute Gasteiger partial charge is 0.454 e. The maximum Gasteiger partial charge on any atom is 0.333 e. The summed E-state index contributed by atoms with van der Waals surface area (Å²) < 4.78 is 14.6. The second-order valence-corrected chi connectivity index (χ2v) is 8.30. The van der Waals surface area contributed by atoms with Crippen LogP contribution in [-0.4, -0.2) is 37.2 Å². The molecule has 1 aliphatic heterocycles. The Kier molecular flexibility index (Phi) is 5.88. The van der Waals surface area contributed by atoms with Gasteiger partial charge in [-0.25, -0.2) is 14.3 Å². The first-order valence-corrected chi connectivity index (χ1v) is 11.3. The molecule has 5 rings (SSSR count). The van der Waals surface area contributed by atoms with E-state index in [1.807, 2.05) is 37.3 Å². The van der Waals surface area contributed by atoms with Crippen LogP contribution in [0.1, 0.15) is 29.8 Å². The molecule has 1 amide bonds. The van der Waals surface area contributed by atoms with Crippen LogP contribution in [0.25, 0.3) is 11.2 Å². The van der Waals surface area contributed by atoms with Crippen LogP contribution in [0.5, 0.6) is 11.5 Å². The lowest BCUT2D eigenvalue weighted by Gasteiger charge is -2.14. The Labute approximate surface area is 204 Å². The minimum atomic E-state index is -0.662. The predicted molar refractivity (Wildman–Crippen MR) is 131 cm³/mol. The van der Waals surface area contributed by atoms with Crippen molar-refractivity contribution in [1.82, 2.24) is 18.7 Å². The summed E-state index contributed by atoms with van der Waals surface area (Å²) in [5.74, 6) is -0.162. The highest BCUT2D eigenvalue weighted by atomic mass is 16.7. The van der Waals surface area contributed by atoms with Gasteiger partial charge in [-0.1, -0.05) is 30.3 Å². The number of carbonyl (C=O) groups is 2. The first-order chi connectivity index (χ1) is 17.4. The normalized spacial score (nSPS) is 12.2. The quantitative estimate of drug-likeness (QED) is 0.394. The van der Waals surface area contributed by atoms with Crippen molar-refractivity contribution >= 4 is 28.5 Å². The van der Waals surface area contributed by atoms with Crippen LogP contribution in [0.4, 0.5) is 5.69 Å². The van der Waals surface area contributed by atoms with E-state index in [0.29, 0.717) is 18.0 Å². The highest BCUT2D eigenvalue weighted by Crippen LogP contribution is 2.37. The summed E-state index contributed by atoms with van der Waals surface area (Å²) in [5.41, 5.74) is 0.468. The average Bonchev–Trinajstić information content (AvgIpc) is 3.51. The van der Waals surface area contributed by atoms with Crippen LogP contribution in [0, 0.1) is 0 Å². The molecule has 1 N–H and O–H groups in total. The van der Waals surface area contributed by atoms with E-state index in [1.165, 1.54) is 30.0 Å². The smallest absolute Gasteiger partial charge is 0.333 e. The van der Waals surface area contributed by atoms with E-state index in [-0.39, 0.29) is 41.5 Å². The van der Waals surface area contributed by atoms with Gasteiger partial charge in [-0.05, 0) is 25.5 Å². The zero-order valence-corrected chi connectivity index (χ0v) is 19.7. The molecule has 4 aromatic rings. The van der Waals surface area contributed by atoms with Gasteiger partial charge in [0.2, 0.25) is 12.7 Å². The summed E-state index contributed by atoms with van der Waals surface area (Å²) >= 11 is 0. The Bertz CT molecular complexity index is 1620. The van der Waals surface area contributed by atoms with Crippen molar-refractivity contribution in [3.8, 4) is 11.5 Å². The van der Waals surface area contributed by atoms with Crippen molar-refractivity contribution < 1.29 is 19.1 Å². The van der Waals surface area contributed by atoms with Gasteiger partial charge in [0, 0.05) is 18.2 Å². The van der Waals surface area contributed by atoms with Gasteiger partial charge in [0.25, 0.3) is 5.56 Å². The first kappa shape index (κ1) is 23.1. The molecule has 0 unspecified atom stereocenters. The number of ether oxygens (including phenoxy) is 2. The molecule has 0 atom stereocenters. The van der Waals surface area contributed by atoms with Gasteiger partial charge in [0.1, 0.15) is 6.54 Å². The Hall–Kier alpha value is -4.67. The number of amides is 1. The van der Waals surface area contributed by atoms with Crippen molar-refractivity contribution in [2.24, 2.45) is 0 Å². The highest BCUT2D eigenvalue weighted by Gasteiger charge is 2.23. The molecule has 0 spiro atoms. The molecular formula is C25H23N5O6. The van der Waals surface area contributed by atoms with Crippen LogP contribution in [-0.2, 0) is 24.4 Å². The second kappa shape index (κ2) is 9.17. The van der Waals surface area contributed by atoms with Gasteiger partial charge in [-0.3, -0.25) is 19.0 Å². The van der Waals surface area contributed by atoms with Crippen LogP contribution in [0.15, 0.2) is 58.4 Å². The van der Waals surface area contributed by atoms with Crippen molar-refractivity contribution in [1.29, 1.82) is 0 Å². The van der Waals surface area contributed by atoms with Gasteiger partial charge in [0.05, 0.1) is 18.6 Å². The Balaban J connectivity index is 1.55. The number of aromatic nitrogens is 4. The fourth-order valence-corrected chi connectivity index (χ4v) is 4.20. The van der Waals surface area contributed by atoms with E-state index in [0.717, 1.165) is 10.1 Å². The number of nitrogens with zero attached hydrogens (tertiary/aromatic N) is 4. The lowest BCUT2D eigenvalue weighted by molar-refractivity contribution is -0.116. The monoisotopic (exact) mass is 489 g/mol. The maximum atomic E-state index is 13.4. The lowest BCUT2D eigenvalue weighted by Crippen LogP contribution is -2.43. The number of benzene rings is 2. The number of Topliss-reactive ketones (excluding diaryl/α,β-unsaturated/α-hetero) is 1. The fraction of sp³-hybridized carbons (Fsp3) is 0.240. The van der Waals surface area contributed by atoms with Gasteiger partial charge in [-0.2, -0.15) is 0 Å². The summed E-state index contributed by atoms with van der Waals surface area (Å²) in [4.78, 5) is 56.3. The number of nitrogens with one attached hydrogen (secondary N) is 1. The summed E-state index contributed by atoms with van der Waals surface area (Å²) in [7, 11) is 0. The van der Waals surface area contributed by atoms with E-state index in [4.69, 9.17) is 9.47 Å². The molecule has 0 fully saturated rings. The van der Waals surface area contributed by atoms with Crippen molar-refractivity contribution in [2.45, 2.75) is 33.5 Å². The number of rotatable bonds is 7. The molecule has 11 nitrogen and oxygen atoms in total. The number of hydrogen-bond acceptors (Lipinski definition) is 7. The molecule has 0 saturated heterocycles. The van der Waals surface area contributed by atoms with Crippen LogP contribution < -0.4 is 26.0 Å². The number of ketones is 1. The molecule has 184 valence electrons.